The highest BCUT2D eigenvalue weighted by Crippen LogP contribution is 2.21. The van der Waals surface area contributed by atoms with Gasteiger partial charge in [-0.2, -0.15) is 0 Å². The molecule has 0 radical (unpaired) electrons. The van der Waals surface area contributed by atoms with Gasteiger partial charge >= 0.3 is 0 Å². The van der Waals surface area contributed by atoms with Crippen LogP contribution >= 0.6 is 0 Å². The molecule has 1 aliphatic heterocycles. The molecule has 0 unspecified atom stereocenters. The third-order valence-corrected chi connectivity index (χ3v) is 2.97. The smallest absolute Gasteiger partial charge is 0.165 e. The number of nitrogens with zero attached hydrogens (tertiary/aromatic N) is 5. The fourth-order valence-electron chi connectivity index (χ4n) is 1.92. The van der Waals surface area contributed by atoms with Crippen LogP contribution in [0.15, 0.2) is 0 Å². The second-order valence-corrected chi connectivity index (χ2v) is 5.04. The molecular weight excluding hydrogens is 206 g/mol. The van der Waals surface area contributed by atoms with Crippen LogP contribution in [0.4, 0.5) is 0 Å². The number of morpholine rings is 1. The van der Waals surface area contributed by atoms with Crippen molar-refractivity contribution in [3.8, 4) is 0 Å². The molecule has 16 heavy (non-hydrogen) atoms. The van der Waals surface area contributed by atoms with Crippen molar-refractivity contribution in [3.63, 3.8) is 0 Å². The van der Waals surface area contributed by atoms with Crippen LogP contribution in [-0.2, 0) is 18.3 Å². The number of hydrogen-bond donors (Lipinski definition) is 0. The molecule has 0 N–H and O–H groups in total. The van der Waals surface area contributed by atoms with E-state index in [0.29, 0.717) is 6.04 Å². The molecular formula is C10H19N5O. The van der Waals surface area contributed by atoms with E-state index in [4.69, 9.17) is 4.74 Å². The Morgan fingerprint density at radius 3 is 2.88 bits per heavy atom. The molecule has 6 nitrogen and oxygen atoms in total. The third-order valence-electron chi connectivity index (χ3n) is 2.97. The second-order valence-electron chi connectivity index (χ2n) is 5.04. The Labute approximate surface area is 95.6 Å². The van der Waals surface area contributed by atoms with Gasteiger partial charge in [0.2, 0.25) is 0 Å². The van der Waals surface area contributed by atoms with Gasteiger partial charge in [-0.05, 0) is 31.2 Å². The lowest BCUT2D eigenvalue weighted by molar-refractivity contribution is -0.113. The third kappa shape index (κ3) is 2.38. The van der Waals surface area contributed by atoms with E-state index >= 15 is 0 Å². The highest BCUT2D eigenvalue weighted by molar-refractivity contribution is 4.88. The van der Waals surface area contributed by atoms with Gasteiger partial charge in [0.25, 0.3) is 0 Å². The summed E-state index contributed by atoms with van der Waals surface area (Å²) in [5, 5.41) is 11.5. The fraction of sp³-hybridized carbons (Fsp3) is 0.900. The number of rotatable bonds is 2. The highest BCUT2D eigenvalue weighted by atomic mass is 16.5. The maximum Gasteiger partial charge on any atom is 0.165 e. The van der Waals surface area contributed by atoms with Crippen molar-refractivity contribution in [1.29, 1.82) is 0 Å². The number of hydrogen-bond acceptors (Lipinski definition) is 5. The van der Waals surface area contributed by atoms with Crippen LogP contribution < -0.4 is 0 Å². The Hall–Kier alpha value is -1.01. The van der Waals surface area contributed by atoms with Gasteiger partial charge in [0, 0.05) is 19.6 Å². The lowest BCUT2D eigenvalue weighted by Crippen LogP contribution is -2.52. The zero-order valence-electron chi connectivity index (χ0n) is 10.3. The predicted molar refractivity (Wildman–Crippen MR) is 58.7 cm³/mol. The minimum Gasteiger partial charge on any atom is -0.373 e. The summed E-state index contributed by atoms with van der Waals surface area (Å²) in [5.41, 5.74) is -0.0848. The first-order chi connectivity index (χ1) is 7.48. The van der Waals surface area contributed by atoms with Crippen molar-refractivity contribution in [2.75, 3.05) is 13.2 Å². The van der Waals surface area contributed by atoms with Gasteiger partial charge in [0.1, 0.15) is 0 Å². The van der Waals surface area contributed by atoms with Gasteiger partial charge in [0.15, 0.2) is 5.82 Å². The van der Waals surface area contributed by atoms with Crippen LogP contribution in [0.2, 0.25) is 0 Å². The van der Waals surface area contributed by atoms with E-state index < -0.39 is 0 Å². The monoisotopic (exact) mass is 225 g/mol. The van der Waals surface area contributed by atoms with Crippen molar-refractivity contribution in [3.05, 3.63) is 5.82 Å². The summed E-state index contributed by atoms with van der Waals surface area (Å²) in [5.74, 6) is 0.893. The maximum atomic E-state index is 5.76. The molecule has 1 aliphatic rings. The minimum atomic E-state index is -0.0848. The van der Waals surface area contributed by atoms with Gasteiger partial charge in [-0.15, -0.1) is 5.10 Å². The zero-order valence-corrected chi connectivity index (χ0v) is 10.3. The normalized spacial score (nSPS) is 25.9. The molecule has 0 bridgehead atoms. The topological polar surface area (TPSA) is 56.1 Å². The van der Waals surface area contributed by atoms with E-state index in [2.05, 4.69) is 41.2 Å². The molecule has 90 valence electrons. The van der Waals surface area contributed by atoms with Crippen LogP contribution in [0.5, 0.6) is 0 Å². The summed E-state index contributed by atoms with van der Waals surface area (Å²) in [7, 11) is 1.87. The van der Waals surface area contributed by atoms with Gasteiger partial charge in [0.05, 0.1) is 18.8 Å². The molecule has 1 atom stereocenters. The SMILES string of the molecule is C[C@H]1COC(C)(C)CN1Cc1nnnn1C. The number of aryl methyl sites for hydroxylation is 1. The van der Waals surface area contributed by atoms with Crippen molar-refractivity contribution in [1.82, 2.24) is 25.1 Å². The molecule has 0 saturated carbocycles. The quantitative estimate of drug-likeness (QED) is 0.720. The zero-order chi connectivity index (χ0) is 11.8. The van der Waals surface area contributed by atoms with Crippen LogP contribution in [0.1, 0.15) is 26.6 Å². The van der Waals surface area contributed by atoms with Gasteiger partial charge in [-0.1, -0.05) is 0 Å². The largest absolute Gasteiger partial charge is 0.373 e. The minimum absolute atomic E-state index is 0.0848. The van der Waals surface area contributed by atoms with Crippen molar-refractivity contribution in [2.45, 2.75) is 39.0 Å². The molecule has 0 aromatic carbocycles. The van der Waals surface area contributed by atoms with Crippen LogP contribution in [0.25, 0.3) is 0 Å². The van der Waals surface area contributed by atoms with Crippen LogP contribution in [0, 0.1) is 0 Å². The molecule has 1 fully saturated rings. The molecule has 2 rings (SSSR count). The molecule has 6 heteroatoms. The molecule has 2 heterocycles. The molecule has 0 aliphatic carbocycles. The van der Waals surface area contributed by atoms with Crippen LogP contribution in [0.3, 0.4) is 0 Å². The molecule has 0 spiro atoms. The Morgan fingerprint density at radius 2 is 2.25 bits per heavy atom. The first-order valence-corrected chi connectivity index (χ1v) is 5.57. The van der Waals surface area contributed by atoms with E-state index in [1.807, 2.05) is 7.05 Å². The lowest BCUT2D eigenvalue weighted by atomic mass is 10.1. The molecule has 1 aromatic rings. The Morgan fingerprint density at radius 1 is 1.50 bits per heavy atom. The standard InChI is InChI=1S/C10H19N5O/c1-8-6-16-10(2,3)7-15(8)5-9-11-12-13-14(9)4/h8H,5-7H2,1-4H3/t8-/m0/s1. The average molecular weight is 225 g/mol. The Kier molecular flexibility index (Phi) is 2.94. The Balaban J connectivity index is 2.06. The van der Waals surface area contributed by atoms with E-state index in [1.54, 1.807) is 4.68 Å². The van der Waals surface area contributed by atoms with Gasteiger partial charge in [-0.25, -0.2) is 4.68 Å². The van der Waals surface area contributed by atoms with Crippen LogP contribution in [-0.4, -0.2) is 49.9 Å². The summed E-state index contributed by atoms with van der Waals surface area (Å²) < 4.78 is 7.47. The van der Waals surface area contributed by atoms with E-state index in [-0.39, 0.29) is 5.60 Å². The van der Waals surface area contributed by atoms with Crippen molar-refractivity contribution in [2.24, 2.45) is 7.05 Å². The van der Waals surface area contributed by atoms with E-state index in [9.17, 15) is 0 Å². The van der Waals surface area contributed by atoms with Gasteiger partial charge in [-0.3, -0.25) is 4.90 Å². The van der Waals surface area contributed by atoms with Crippen molar-refractivity contribution < 1.29 is 4.74 Å². The second kappa shape index (κ2) is 4.10. The first kappa shape index (κ1) is 11.5. The molecule has 1 aromatic heterocycles. The lowest BCUT2D eigenvalue weighted by Gasteiger charge is -2.42. The summed E-state index contributed by atoms with van der Waals surface area (Å²) in [6, 6.07) is 0.407. The number of ether oxygens (including phenoxy) is 1. The van der Waals surface area contributed by atoms with E-state index in [0.717, 1.165) is 25.5 Å². The van der Waals surface area contributed by atoms with Crippen molar-refractivity contribution >= 4 is 0 Å². The van der Waals surface area contributed by atoms with Gasteiger partial charge < -0.3 is 4.74 Å². The molecule has 1 saturated heterocycles. The maximum absolute atomic E-state index is 5.76. The van der Waals surface area contributed by atoms with E-state index in [1.165, 1.54) is 0 Å². The Bertz CT molecular complexity index is 362. The summed E-state index contributed by atoms with van der Waals surface area (Å²) in [4.78, 5) is 2.36. The predicted octanol–water partition coefficient (Wildman–Crippen LogP) is 0.209. The first-order valence-electron chi connectivity index (χ1n) is 5.57. The number of aromatic nitrogens is 4. The fourth-order valence-corrected chi connectivity index (χ4v) is 1.92. The highest BCUT2D eigenvalue weighted by Gasteiger charge is 2.32. The summed E-state index contributed by atoms with van der Waals surface area (Å²) >= 11 is 0. The summed E-state index contributed by atoms with van der Waals surface area (Å²) in [6.45, 7) is 8.83. The average Bonchev–Trinajstić information content (AvgIpc) is 2.58. The number of tetrazole rings is 1. The molecule has 0 amide bonds. The summed E-state index contributed by atoms with van der Waals surface area (Å²) in [6.07, 6.45) is 0.